The van der Waals surface area contributed by atoms with Gasteiger partial charge in [0.2, 0.25) is 5.91 Å². The Bertz CT molecular complexity index is 604. The standard InChI is InChI=1S/C17H21N3O3/c21-17(13-14-3-1-2-4-14)19-11-9-18(10-12-19)15-5-7-16(8-6-15)20(22)23/h1,3,5-8,14H,2,4,9-13H2. The molecule has 0 N–H and O–H groups in total. The maximum absolute atomic E-state index is 12.3. The summed E-state index contributed by atoms with van der Waals surface area (Å²) in [6, 6.07) is 6.61. The van der Waals surface area contributed by atoms with Crippen molar-refractivity contribution in [3.63, 3.8) is 0 Å². The van der Waals surface area contributed by atoms with E-state index in [1.54, 1.807) is 12.1 Å². The quantitative estimate of drug-likeness (QED) is 0.486. The molecule has 0 spiro atoms. The van der Waals surface area contributed by atoms with Gasteiger partial charge in [0, 0.05) is 50.4 Å². The zero-order chi connectivity index (χ0) is 16.2. The lowest BCUT2D eigenvalue weighted by Gasteiger charge is -2.36. The molecule has 6 heteroatoms. The molecule has 1 fully saturated rings. The number of allylic oxidation sites excluding steroid dienone is 2. The summed E-state index contributed by atoms with van der Waals surface area (Å²) in [5.74, 6) is 0.653. The molecular weight excluding hydrogens is 294 g/mol. The Balaban J connectivity index is 1.52. The fraction of sp³-hybridized carbons (Fsp3) is 0.471. The summed E-state index contributed by atoms with van der Waals surface area (Å²) in [4.78, 5) is 26.7. The molecule has 1 heterocycles. The number of nitro groups is 1. The first kappa shape index (κ1) is 15.5. The molecule has 0 aromatic heterocycles. The van der Waals surface area contributed by atoms with Crippen LogP contribution in [0.2, 0.25) is 0 Å². The number of hydrogen-bond acceptors (Lipinski definition) is 4. The first-order valence-electron chi connectivity index (χ1n) is 8.07. The Morgan fingerprint density at radius 1 is 1.17 bits per heavy atom. The fourth-order valence-electron chi connectivity index (χ4n) is 3.22. The molecule has 1 aliphatic heterocycles. The second kappa shape index (κ2) is 6.81. The predicted octanol–water partition coefficient (Wildman–Crippen LogP) is 2.60. The van der Waals surface area contributed by atoms with Gasteiger partial charge in [-0.3, -0.25) is 14.9 Å². The van der Waals surface area contributed by atoms with Gasteiger partial charge in [-0.05, 0) is 30.9 Å². The molecule has 1 unspecified atom stereocenters. The minimum atomic E-state index is -0.391. The number of rotatable bonds is 4. The van der Waals surface area contributed by atoms with Gasteiger partial charge in [0.05, 0.1) is 4.92 Å². The topological polar surface area (TPSA) is 66.7 Å². The van der Waals surface area contributed by atoms with Crippen LogP contribution >= 0.6 is 0 Å². The lowest BCUT2D eigenvalue weighted by molar-refractivity contribution is -0.384. The van der Waals surface area contributed by atoms with E-state index in [0.717, 1.165) is 31.6 Å². The highest BCUT2D eigenvalue weighted by atomic mass is 16.6. The van der Waals surface area contributed by atoms with E-state index in [1.807, 2.05) is 4.90 Å². The molecule has 3 rings (SSSR count). The van der Waals surface area contributed by atoms with E-state index >= 15 is 0 Å². The van der Waals surface area contributed by atoms with Crippen molar-refractivity contribution in [2.45, 2.75) is 19.3 Å². The van der Waals surface area contributed by atoms with Crippen LogP contribution in [0.4, 0.5) is 11.4 Å². The molecule has 1 aromatic carbocycles. The summed E-state index contributed by atoms with van der Waals surface area (Å²) >= 11 is 0. The van der Waals surface area contributed by atoms with Crippen molar-refractivity contribution in [1.29, 1.82) is 0 Å². The Labute approximate surface area is 135 Å². The number of carbonyl (C=O) groups is 1. The second-order valence-electron chi connectivity index (χ2n) is 6.11. The molecule has 23 heavy (non-hydrogen) atoms. The number of non-ortho nitro benzene ring substituents is 1. The highest BCUT2D eigenvalue weighted by Crippen LogP contribution is 2.23. The Hall–Kier alpha value is -2.37. The number of carbonyl (C=O) groups excluding carboxylic acids is 1. The van der Waals surface area contributed by atoms with Crippen LogP contribution in [0.3, 0.4) is 0 Å². The summed E-state index contributed by atoms with van der Waals surface area (Å²) in [5, 5.41) is 10.7. The molecule has 1 atom stereocenters. The van der Waals surface area contributed by atoms with Gasteiger partial charge in [-0.25, -0.2) is 0 Å². The van der Waals surface area contributed by atoms with Crippen molar-refractivity contribution < 1.29 is 9.72 Å². The maximum Gasteiger partial charge on any atom is 0.269 e. The summed E-state index contributed by atoms with van der Waals surface area (Å²) in [5.41, 5.74) is 1.08. The van der Waals surface area contributed by atoms with Crippen LogP contribution in [0.5, 0.6) is 0 Å². The van der Waals surface area contributed by atoms with E-state index in [-0.39, 0.29) is 11.6 Å². The molecule has 1 aromatic rings. The fourth-order valence-corrected chi connectivity index (χ4v) is 3.22. The average molecular weight is 315 g/mol. The van der Waals surface area contributed by atoms with Crippen molar-refractivity contribution in [2.24, 2.45) is 5.92 Å². The van der Waals surface area contributed by atoms with Crippen LogP contribution in [-0.4, -0.2) is 41.9 Å². The van der Waals surface area contributed by atoms with E-state index in [4.69, 9.17) is 0 Å². The van der Waals surface area contributed by atoms with Crippen molar-refractivity contribution in [2.75, 3.05) is 31.1 Å². The third-order valence-corrected chi connectivity index (χ3v) is 4.61. The highest BCUT2D eigenvalue weighted by Gasteiger charge is 2.23. The lowest BCUT2D eigenvalue weighted by atomic mass is 10.0. The van der Waals surface area contributed by atoms with Crippen molar-refractivity contribution >= 4 is 17.3 Å². The lowest BCUT2D eigenvalue weighted by Crippen LogP contribution is -2.49. The summed E-state index contributed by atoms with van der Waals surface area (Å²) in [6.45, 7) is 2.96. The smallest absolute Gasteiger partial charge is 0.269 e. The van der Waals surface area contributed by atoms with Gasteiger partial charge < -0.3 is 9.80 Å². The molecule has 2 aliphatic rings. The molecule has 0 bridgehead atoms. The number of amides is 1. The van der Waals surface area contributed by atoms with Crippen molar-refractivity contribution in [1.82, 2.24) is 4.90 Å². The molecule has 122 valence electrons. The summed E-state index contributed by atoms with van der Waals surface area (Å²) in [7, 11) is 0. The number of hydrogen-bond donors (Lipinski definition) is 0. The van der Waals surface area contributed by atoms with Crippen molar-refractivity contribution in [3.8, 4) is 0 Å². The van der Waals surface area contributed by atoms with E-state index < -0.39 is 4.92 Å². The van der Waals surface area contributed by atoms with E-state index in [0.29, 0.717) is 25.4 Å². The molecule has 1 saturated heterocycles. The van der Waals surface area contributed by atoms with Gasteiger partial charge in [0.15, 0.2) is 0 Å². The Kier molecular flexibility index (Phi) is 4.60. The van der Waals surface area contributed by atoms with Crippen LogP contribution in [-0.2, 0) is 4.79 Å². The molecule has 0 saturated carbocycles. The normalized spacial score (nSPS) is 20.8. The zero-order valence-electron chi connectivity index (χ0n) is 13.1. The van der Waals surface area contributed by atoms with Gasteiger partial charge >= 0.3 is 0 Å². The van der Waals surface area contributed by atoms with Crippen LogP contribution in [0.25, 0.3) is 0 Å². The van der Waals surface area contributed by atoms with Crippen LogP contribution in [0.1, 0.15) is 19.3 Å². The number of benzene rings is 1. The van der Waals surface area contributed by atoms with Gasteiger partial charge in [-0.2, -0.15) is 0 Å². The van der Waals surface area contributed by atoms with Gasteiger partial charge in [0.25, 0.3) is 5.69 Å². The van der Waals surface area contributed by atoms with E-state index in [2.05, 4.69) is 17.1 Å². The Morgan fingerprint density at radius 2 is 1.87 bits per heavy atom. The molecule has 6 nitrogen and oxygen atoms in total. The first-order chi connectivity index (χ1) is 11.1. The monoisotopic (exact) mass is 315 g/mol. The predicted molar refractivity (Wildman–Crippen MR) is 88.4 cm³/mol. The van der Waals surface area contributed by atoms with Crippen LogP contribution < -0.4 is 4.90 Å². The van der Waals surface area contributed by atoms with Crippen LogP contribution in [0.15, 0.2) is 36.4 Å². The minimum absolute atomic E-state index is 0.104. The number of anilines is 1. The molecule has 0 radical (unpaired) electrons. The SMILES string of the molecule is O=C(CC1C=CCC1)N1CCN(c2ccc([N+](=O)[O-])cc2)CC1. The van der Waals surface area contributed by atoms with Gasteiger partial charge in [-0.1, -0.05) is 12.2 Å². The number of piperazine rings is 1. The third kappa shape index (κ3) is 3.70. The van der Waals surface area contributed by atoms with Crippen LogP contribution in [0, 0.1) is 16.0 Å². The van der Waals surface area contributed by atoms with Crippen molar-refractivity contribution in [3.05, 3.63) is 46.5 Å². The highest BCUT2D eigenvalue weighted by molar-refractivity contribution is 5.77. The number of nitro benzene ring substituents is 1. The molecule has 1 aliphatic carbocycles. The Morgan fingerprint density at radius 3 is 2.43 bits per heavy atom. The zero-order valence-corrected chi connectivity index (χ0v) is 13.1. The summed E-state index contributed by atoms with van der Waals surface area (Å²) in [6.07, 6.45) is 7.11. The van der Waals surface area contributed by atoms with Gasteiger partial charge in [0.1, 0.15) is 0 Å². The first-order valence-corrected chi connectivity index (χ1v) is 8.07. The van der Waals surface area contributed by atoms with E-state index in [1.165, 1.54) is 12.1 Å². The van der Waals surface area contributed by atoms with E-state index in [9.17, 15) is 14.9 Å². The number of nitrogens with zero attached hydrogens (tertiary/aromatic N) is 3. The third-order valence-electron chi connectivity index (χ3n) is 4.61. The average Bonchev–Trinajstić information content (AvgIpc) is 3.08. The maximum atomic E-state index is 12.3. The molecular formula is C17H21N3O3. The second-order valence-corrected chi connectivity index (χ2v) is 6.11. The minimum Gasteiger partial charge on any atom is -0.368 e. The molecule has 1 amide bonds. The largest absolute Gasteiger partial charge is 0.368 e. The summed E-state index contributed by atoms with van der Waals surface area (Å²) < 4.78 is 0. The van der Waals surface area contributed by atoms with Gasteiger partial charge in [-0.15, -0.1) is 0 Å².